The van der Waals surface area contributed by atoms with Crippen LogP contribution < -0.4 is 0 Å². The third-order valence-electron chi connectivity index (χ3n) is 1.99. The van der Waals surface area contributed by atoms with Crippen LogP contribution in [0.4, 0.5) is 0 Å². The number of hydrogen-bond donors (Lipinski definition) is 2. The number of aliphatic carboxylic acids is 2. The molecule has 0 aromatic carbocycles. The summed E-state index contributed by atoms with van der Waals surface area (Å²) in [7, 11) is 0. The maximum absolute atomic E-state index is 10.9. The highest BCUT2D eigenvalue weighted by Gasteiger charge is 2.03. The van der Waals surface area contributed by atoms with Gasteiger partial charge in [-0.25, -0.2) is 9.59 Å². The van der Waals surface area contributed by atoms with E-state index in [9.17, 15) is 9.59 Å². The third-order valence-corrected chi connectivity index (χ3v) is 1.99. The van der Waals surface area contributed by atoms with Crippen LogP contribution >= 0.6 is 0 Å². The number of hydrogen-bond acceptors (Lipinski definition) is 4. The molecule has 0 radical (unpaired) electrons. The molecule has 20 heavy (non-hydrogen) atoms. The first-order valence-electron chi connectivity index (χ1n) is 5.45. The van der Waals surface area contributed by atoms with Gasteiger partial charge in [0.1, 0.15) is 6.26 Å². The average Bonchev–Trinajstić information content (AvgIpc) is 2.40. The Morgan fingerprint density at radius 2 is 1.50 bits per heavy atom. The monoisotopic (exact) mass is 276 g/mol. The van der Waals surface area contributed by atoms with E-state index < -0.39 is 11.9 Å². The molecule has 0 aliphatic carbocycles. The Bertz CT molecular complexity index is 546. The Labute approximate surface area is 114 Å². The minimum Gasteiger partial charge on any atom is -0.478 e. The first-order valence-corrected chi connectivity index (χ1v) is 5.45. The summed E-state index contributed by atoms with van der Waals surface area (Å²) >= 11 is 0. The Morgan fingerprint density at radius 1 is 0.800 bits per heavy atom. The highest BCUT2D eigenvalue weighted by molar-refractivity contribution is 5.90. The van der Waals surface area contributed by atoms with Crippen molar-refractivity contribution in [2.75, 3.05) is 0 Å². The van der Waals surface area contributed by atoms with Crippen LogP contribution in [-0.2, 0) is 19.1 Å². The fraction of sp³-hybridized carbons (Fsp3) is 0. The van der Waals surface area contributed by atoms with Gasteiger partial charge >= 0.3 is 11.9 Å². The summed E-state index contributed by atoms with van der Waals surface area (Å²) in [5, 5.41) is 17.8. The quantitative estimate of drug-likeness (QED) is 0.802. The highest BCUT2D eigenvalue weighted by Crippen LogP contribution is 2.03. The largest absolute Gasteiger partial charge is 0.478 e. The first kappa shape index (κ1) is 15.0. The topological polar surface area (TPSA) is 93.1 Å². The molecule has 0 unspecified atom stereocenters. The van der Waals surface area contributed by atoms with Gasteiger partial charge in [0.2, 0.25) is 0 Å². The number of rotatable bonds is 2. The van der Waals surface area contributed by atoms with E-state index in [2.05, 4.69) is 0 Å². The summed E-state index contributed by atoms with van der Waals surface area (Å²) in [4.78, 5) is 21.8. The minimum atomic E-state index is -1.18. The van der Waals surface area contributed by atoms with Gasteiger partial charge in [-0.15, -0.1) is 0 Å². The number of ether oxygens (including phenoxy) is 2. The fourth-order valence-electron chi connectivity index (χ4n) is 1.07. The lowest BCUT2D eigenvalue weighted by molar-refractivity contribution is -0.133. The normalized spacial score (nSPS) is 15.4. The van der Waals surface area contributed by atoms with Crippen LogP contribution in [0.3, 0.4) is 0 Å². The summed E-state index contributed by atoms with van der Waals surface area (Å²) < 4.78 is 9.80. The van der Waals surface area contributed by atoms with Crippen molar-refractivity contribution in [2.45, 2.75) is 0 Å². The maximum atomic E-state index is 10.9. The molecule has 6 nitrogen and oxygen atoms in total. The molecule has 104 valence electrons. The van der Waals surface area contributed by atoms with Crippen LogP contribution in [0.2, 0.25) is 0 Å². The Kier molecular flexibility index (Phi) is 6.13. The standard InChI is InChI=1S/C14H12O6/c15-13(16)11-5-3-8-19-7-2-1-4-12(14(17)18)10-20-9-6-11/h1-10H,(H,15,16)(H,17,18). The summed E-state index contributed by atoms with van der Waals surface area (Å²) in [6.07, 6.45) is 12.8. The SMILES string of the molecule is O=C(O)C1=CC=COC=CC=CC(C(=O)O)=COC=C1. The Balaban J connectivity index is 3.00. The molecule has 1 aliphatic rings. The second kappa shape index (κ2) is 8.15. The van der Waals surface area contributed by atoms with Crippen molar-refractivity contribution in [3.8, 4) is 0 Å². The van der Waals surface area contributed by atoms with Gasteiger partial charge in [-0.2, -0.15) is 0 Å². The van der Waals surface area contributed by atoms with Crippen molar-refractivity contribution >= 4 is 11.9 Å². The van der Waals surface area contributed by atoms with Crippen molar-refractivity contribution in [1.29, 1.82) is 0 Å². The molecule has 0 amide bonds. The summed E-state index contributed by atoms with van der Waals surface area (Å²) in [6.45, 7) is 0. The number of allylic oxidation sites excluding steroid dienone is 4. The number of carbonyl (C=O) groups is 2. The van der Waals surface area contributed by atoms with Gasteiger partial charge < -0.3 is 19.7 Å². The highest BCUT2D eigenvalue weighted by atomic mass is 16.5. The van der Waals surface area contributed by atoms with Crippen molar-refractivity contribution in [3.05, 3.63) is 72.7 Å². The molecule has 1 heterocycles. The van der Waals surface area contributed by atoms with Gasteiger partial charge in [0, 0.05) is 0 Å². The second-order valence-electron chi connectivity index (χ2n) is 3.40. The van der Waals surface area contributed by atoms with E-state index in [0.717, 1.165) is 12.5 Å². The van der Waals surface area contributed by atoms with Gasteiger partial charge in [-0.1, -0.05) is 6.08 Å². The third kappa shape index (κ3) is 5.54. The van der Waals surface area contributed by atoms with Crippen LogP contribution in [0.5, 0.6) is 0 Å². The van der Waals surface area contributed by atoms with Crippen LogP contribution in [0, 0.1) is 0 Å². The molecule has 0 bridgehead atoms. The second-order valence-corrected chi connectivity index (χ2v) is 3.40. The molecule has 0 saturated carbocycles. The van der Waals surface area contributed by atoms with Crippen molar-refractivity contribution < 1.29 is 29.3 Å². The van der Waals surface area contributed by atoms with Gasteiger partial charge in [-0.3, -0.25) is 0 Å². The zero-order chi connectivity index (χ0) is 14.8. The first-order chi connectivity index (χ1) is 9.61. The van der Waals surface area contributed by atoms with E-state index in [4.69, 9.17) is 19.7 Å². The van der Waals surface area contributed by atoms with Crippen LogP contribution in [0.1, 0.15) is 0 Å². The molecule has 2 N–H and O–H groups in total. The molecule has 6 heteroatoms. The van der Waals surface area contributed by atoms with E-state index in [1.54, 1.807) is 0 Å². The van der Waals surface area contributed by atoms with Gasteiger partial charge in [-0.05, 0) is 30.4 Å². The lowest BCUT2D eigenvalue weighted by atomic mass is 10.2. The number of carboxylic acids is 2. The Hall–Kier alpha value is -3.02. The van der Waals surface area contributed by atoms with Crippen molar-refractivity contribution in [2.24, 2.45) is 0 Å². The smallest absolute Gasteiger partial charge is 0.338 e. The lowest BCUT2D eigenvalue weighted by Gasteiger charge is -1.97. The van der Waals surface area contributed by atoms with Gasteiger partial charge in [0.05, 0.1) is 29.9 Å². The lowest BCUT2D eigenvalue weighted by Crippen LogP contribution is -1.98. The van der Waals surface area contributed by atoms with Crippen molar-refractivity contribution in [1.82, 2.24) is 0 Å². The van der Waals surface area contributed by atoms with E-state index in [-0.39, 0.29) is 11.1 Å². The average molecular weight is 276 g/mol. The van der Waals surface area contributed by atoms with E-state index in [0.29, 0.717) is 0 Å². The molecule has 0 aromatic rings. The van der Waals surface area contributed by atoms with Crippen LogP contribution in [-0.4, -0.2) is 22.2 Å². The molecular weight excluding hydrogens is 264 g/mol. The predicted octanol–water partition coefficient (Wildman–Crippen LogP) is 2.11. The molecule has 0 fully saturated rings. The zero-order valence-electron chi connectivity index (χ0n) is 10.3. The predicted molar refractivity (Wildman–Crippen MR) is 70.2 cm³/mol. The molecule has 0 aromatic heterocycles. The molecule has 0 saturated heterocycles. The molecule has 1 aliphatic heterocycles. The summed E-state index contributed by atoms with van der Waals surface area (Å²) in [5.74, 6) is -2.33. The van der Waals surface area contributed by atoms with E-state index in [1.165, 1.54) is 49.0 Å². The van der Waals surface area contributed by atoms with Gasteiger partial charge in [0.25, 0.3) is 0 Å². The van der Waals surface area contributed by atoms with Gasteiger partial charge in [0.15, 0.2) is 0 Å². The van der Waals surface area contributed by atoms with Crippen molar-refractivity contribution in [3.63, 3.8) is 0 Å². The maximum Gasteiger partial charge on any atom is 0.338 e. The summed E-state index contributed by atoms with van der Waals surface area (Å²) in [5.41, 5.74) is -0.153. The number of carboxylic acid groups (broad SMARTS) is 2. The minimum absolute atomic E-state index is 0.0493. The van der Waals surface area contributed by atoms with Crippen LogP contribution in [0.25, 0.3) is 0 Å². The van der Waals surface area contributed by atoms with E-state index in [1.807, 2.05) is 0 Å². The molecule has 0 atom stereocenters. The zero-order valence-corrected chi connectivity index (χ0v) is 10.3. The molecule has 1 rings (SSSR count). The van der Waals surface area contributed by atoms with E-state index >= 15 is 0 Å². The molecule has 0 spiro atoms. The fourth-order valence-corrected chi connectivity index (χ4v) is 1.07. The Morgan fingerprint density at radius 3 is 2.20 bits per heavy atom. The summed E-state index contributed by atoms with van der Waals surface area (Å²) in [6, 6.07) is 0. The molecular formula is C14H12O6. The van der Waals surface area contributed by atoms with Crippen LogP contribution in [0.15, 0.2) is 72.7 Å².